The quantitative estimate of drug-likeness (QED) is 0.0455. The van der Waals surface area contributed by atoms with Gasteiger partial charge in [-0.05, 0) is 50.4 Å². The van der Waals surface area contributed by atoms with Gasteiger partial charge in [0.05, 0.1) is 0 Å². The number of carbonyl (C=O) groups excluding carboxylic acids is 1. The van der Waals surface area contributed by atoms with Crippen molar-refractivity contribution in [3.05, 3.63) is 23.8 Å². The number of allylic oxidation sites excluding steroid dienone is 2. The highest BCUT2D eigenvalue weighted by molar-refractivity contribution is 5.82. The Hall–Kier alpha value is -1.05. The zero-order chi connectivity index (χ0) is 28.3. The molecule has 0 heterocycles. The van der Waals surface area contributed by atoms with E-state index in [2.05, 4.69) is 47.6 Å². The SMILES string of the molecule is CCCCCCCCCCCCC/C=C\COC(=O)/C=C(\C)CCC[C@H](C)CCC[C@H](C)CCCC(C)C. The average molecular weight is 533 g/mol. The Labute approximate surface area is 239 Å². The lowest BCUT2D eigenvalue weighted by molar-refractivity contribution is -0.136. The van der Waals surface area contributed by atoms with Crippen molar-refractivity contribution in [2.24, 2.45) is 17.8 Å². The fourth-order valence-electron chi connectivity index (χ4n) is 5.26. The molecule has 0 bridgehead atoms. The smallest absolute Gasteiger partial charge is 0.330 e. The molecule has 0 aromatic rings. The van der Waals surface area contributed by atoms with Gasteiger partial charge in [0.15, 0.2) is 0 Å². The van der Waals surface area contributed by atoms with Crippen molar-refractivity contribution >= 4 is 5.97 Å². The first-order chi connectivity index (χ1) is 18.3. The second kappa shape index (κ2) is 27.5. The zero-order valence-corrected chi connectivity index (χ0v) is 26.8. The third-order valence-electron chi connectivity index (χ3n) is 7.97. The second-order valence-electron chi connectivity index (χ2n) is 12.8. The molecule has 2 atom stereocenters. The summed E-state index contributed by atoms with van der Waals surface area (Å²) in [5.74, 6) is 2.30. The van der Waals surface area contributed by atoms with E-state index in [1.54, 1.807) is 6.08 Å². The van der Waals surface area contributed by atoms with Crippen molar-refractivity contribution in [1.29, 1.82) is 0 Å². The van der Waals surface area contributed by atoms with Crippen LogP contribution < -0.4 is 0 Å². The normalized spacial score (nSPS) is 13.9. The van der Waals surface area contributed by atoms with Crippen LogP contribution >= 0.6 is 0 Å². The van der Waals surface area contributed by atoms with E-state index in [1.807, 2.05) is 6.08 Å². The Morgan fingerprint density at radius 3 is 1.68 bits per heavy atom. The van der Waals surface area contributed by atoms with E-state index in [1.165, 1.54) is 122 Å². The van der Waals surface area contributed by atoms with E-state index in [0.29, 0.717) is 6.61 Å². The predicted molar refractivity (Wildman–Crippen MR) is 170 cm³/mol. The molecule has 0 fully saturated rings. The van der Waals surface area contributed by atoms with Gasteiger partial charge in [-0.1, -0.05) is 161 Å². The summed E-state index contributed by atoms with van der Waals surface area (Å²) >= 11 is 0. The lowest BCUT2D eigenvalue weighted by atomic mass is 9.91. The molecule has 0 aliphatic rings. The summed E-state index contributed by atoms with van der Waals surface area (Å²) in [6.07, 6.45) is 33.8. The molecular weight excluding hydrogens is 464 g/mol. The van der Waals surface area contributed by atoms with Gasteiger partial charge in [-0.15, -0.1) is 0 Å². The maximum absolute atomic E-state index is 12.1. The molecule has 0 aromatic carbocycles. The van der Waals surface area contributed by atoms with E-state index in [0.717, 1.165) is 36.2 Å². The van der Waals surface area contributed by atoms with Crippen molar-refractivity contribution in [2.45, 2.75) is 176 Å². The third kappa shape index (κ3) is 28.0. The van der Waals surface area contributed by atoms with Gasteiger partial charge in [-0.2, -0.15) is 0 Å². The van der Waals surface area contributed by atoms with Gasteiger partial charge in [0.1, 0.15) is 6.61 Å². The zero-order valence-electron chi connectivity index (χ0n) is 26.8. The molecule has 0 spiro atoms. The number of unbranched alkanes of at least 4 members (excludes halogenated alkanes) is 11. The van der Waals surface area contributed by atoms with Gasteiger partial charge < -0.3 is 4.74 Å². The van der Waals surface area contributed by atoms with Gasteiger partial charge in [0.25, 0.3) is 0 Å². The molecule has 2 heteroatoms. The number of rotatable bonds is 27. The van der Waals surface area contributed by atoms with Crippen LogP contribution in [0.3, 0.4) is 0 Å². The van der Waals surface area contributed by atoms with Crippen molar-refractivity contribution in [3.8, 4) is 0 Å². The lowest BCUT2D eigenvalue weighted by Gasteiger charge is -2.15. The first kappa shape index (κ1) is 37.0. The summed E-state index contributed by atoms with van der Waals surface area (Å²) in [4.78, 5) is 12.1. The van der Waals surface area contributed by atoms with Crippen LogP contribution in [0.1, 0.15) is 176 Å². The summed E-state index contributed by atoms with van der Waals surface area (Å²) in [5, 5.41) is 0. The van der Waals surface area contributed by atoms with Gasteiger partial charge in [-0.25, -0.2) is 4.79 Å². The highest BCUT2D eigenvalue weighted by Gasteiger charge is 2.07. The van der Waals surface area contributed by atoms with E-state index >= 15 is 0 Å². The summed E-state index contributed by atoms with van der Waals surface area (Å²) in [6.45, 7) is 14.2. The van der Waals surface area contributed by atoms with Crippen LogP contribution in [0.5, 0.6) is 0 Å². The molecule has 0 rings (SSSR count). The van der Waals surface area contributed by atoms with Crippen LogP contribution in [0.2, 0.25) is 0 Å². The van der Waals surface area contributed by atoms with Gasteiger partial charge in [0.2, 0.25) is 0 Å². The number of hydrogen-bond acceptors (Lipinski definition) is 2. The minimum Gasteiger partial charge on any atom is -0.458 e. The lowest BCUT2D eigenvalue weighted by Crippen LogP contribution is -2.02. The topological polar surface area (TPSA) is 26.3 Å². The molecule has 0 aliphatic carbocycles. The number of ether oxygens (including phenoxy) is 1. The van der Waals surface area contributed by atoms with Crippen LogP contribution in [0, 0.1) is 17.8 Å². The standard InChI is InChI=1S/C36H68O2/c1-7-8-9-10-11-12-13-14-15-16-17-18-19-20-30-38-36(37)31-35(6)29-23-28-34(5)27-22-26-33(4)25-21-24-32(2)3/h19-20,31-34H,7-18,21-30H2,1-6H3/b20-19-,35-31+/t33-,34-/m1/s1. The maximum atomic E-state index is 12.1. The van der Waals surface area contributed by atoms with Crippen LogP contribution in [0.4, 0.5) is 0 Å². The van der Waals surface area contributed by atoms with E-state index in [9.17, 15) is 4.79 Å². The van der Waals surface area contributed by atoms with Crippen LogP contribution in [0.25, 0.3) is 0 Å². The molecule has 0 aliphatic heterocycles. The van der Waals surface area contributed by atoms with Crippen LogP contribution in [-0.4, -0.2) is 12.6 Å². The van der Waals surface area contributed by atoms with E-state index in [-0.39, 0.29) is 5.97 Å². The molecule has 0 N–H and O–H groups in total. The van der Waals surface area contributed by atoms with Crippen LogP contribution in [0.15, 0.2) is 23.8 Å². The monoisotopic (exact) mass is 533 g/mol. The summed E-state index contributed by atoms with van der Waals surface area (Å²) < 4.78 is 5.36. The maximum Gasteiger partial charge on any atom is 0.330 e. The molecule has 38 heavy (non-hydrogen) atoms. The summed E-state index contributed by atoms with van der Waals surface area (Å²) in [5.41, 5.74) is 1.14. The van der Waals surface area contributed by atoms with Gasteiger partial charge in [0, 0.05) is 6.08 Å². The second-order valence-corrected chi connectivity index (χ2v) is 12.8. The molecule has 224 valence electrons. The Morgan fingerprint density at radius 2 is 1.13 bits per heavy atom. The molecule has 0 aromatic heterocycles. The Bertz CT molecular complexity index is 574. The minimum atomic E-state index is -0.193. The third-order valence-corrected chi connectivity index (χ3v) is 7.97. The molecule has 0 saturated carbocycles. The number of esters is 1. The fourth-order valence-corrected chi connectivity index (χ4v) is 5.26. The number of hydrogen-bond donors (Lipinski definition) is 0. The van der Waals surface area contributed by atoms with Crippen molar-refractivity contribution < 1.29 is 9.53 Å². The Kier molecular flexibility index (Phi) is 26.8. The molecule has 0 amide bonds. The van der Waals surface area contributed by atoms with E-state index in [4.69, 9.17) is 4.74 Å². The van der Waals surface area contributed by atoms with Gasteiger partial charge in [-0.3, -0.25) is 0 Å². The van der Waals surface area contributed by atoms with Crippen LogP contribution in [-0.2, 0) is 9.53 Å². The van der Waals surface area contributed by atoms with Crippen molar-refractivity contribution in [1.82, 2.24) is 0 Å². The van der Waals surface area contributed by atoms with Gasteiger partial charge >= 0.3 is 5.97 Å². The van der Waals surface area contributed by atoms with Crippen molar-refractivity contribution in [3.63, 3.8) is 0 Å². The highest BCUT2D eigenvalue weighted by atomic mass is 16.5. The summed E-state index contributed by atoms with van der Waals surface area (Å²) in [6, 6.07) is 0. The fraction of sp³-hybridized carbons (Fsp3) is 0.861. The molecule has 0 radical (unpaired) electrons. The minimum absolute atomic E-state index is 0.193. The van der Waals surface area contributed by atoms with E-state index < -0.39 is 0 Å². The van der Waals surface area contributed by atoms with Crippen molar-refractivity contribution in [2.75, 3.05) is 6.61 Å². The number of carbonyl (C=O) groups is 1. The molecular formula is C36H68O2. The largest absolute Gasteiger partial charge is 0.458 e. The predicted octanol–water partition coefficient (Wildman–Crippen LogP) is 12.2. The Balaban J connectivity index is 3.64. The molecule has 2 nitrogen and oxygen atoms in total. The highest BCUT2D eigenvalue weighted by Crippen LogP contribution is 2.22. The first-order valence-electron chi connectivity index (χ1n) is 16.8. The summed E-state index contributed by atoms with van der Waals surface area (Å²) in [7, 11) is 0. The Morgan fingerprint density at radius 1 is 0.632 bits per heavy atom. The average Bonchev–Trinajstić information content (AvgIpc) is 2.86. The first-order valence-corrected chi connectivity index (χ1v) is 16.8. The molecule has 0 unspecified atom stereocenters. The molecule has 0 saturated heterocycles.